The number of thioether (sulfide) groups is 1. The van der Waals surface area contributed by atoms with Gasteiger partial charge in [0.25, 0.3) is 5.22 Å². The molecular formula is C21H23N3O2S. The first-order valence-electron chi connectivity index (χ1n) is 9.32. The number of nitrogens with zero attached hydrogens (tertiary/aromatic N) is 3. The van der Waals surface area contributed by atoms with Gasteiger partial charge in [-0.25, -0.2) is 0 Å². The summed E-state index contributed by atoms with van der Waals surface area (Å²) in [6.07, 6.45) is 3.20. The number of ketones is 1. The monoisotopic (exact) mass is 381 g/mol. The lowest BCUT2D eigenvalue weighted by Crippen LogP contribution is -2.08. The van der Waals surface area contributed by atoms with Crippen LogP contribution in [0.1, 0.15) is 52.0 Å². The van der Waals surface area contributed by atoms with Gasteiger partial charge < -0.3 is 8.98 Å². The fourth-order valence-electron chi connectivity index (χ4n) is 3.29. The minimum Gasteiger partial charge on any atom is -0.416 e. The summed E-state index contributed by atoms with van der Waals surface area (Å²) in [7, 11) is 0. The molecule has 140 valence electrons. The molecule has 0 unspecified atom stereocenters. The van der Waals surface area contributed by atoms with Crippen molar-refractivity contribution in [3.05, 3.63) is 64.8 Å². The van der Waals surface area contributed by atoms with E-state index in [0.29, 0.717) is 22.8 Å². The van der Waals surface area contributed by atoms with Gasteiger partial charge in [-0.3, -0.25) is 4.79 Å². The third-order valence-corrected chi connectivity index (χ3v) is 5.83. The van der Waals surface area contributed by atoms with E-state index >= 15 is 0 Å². The number of aromatic nitrogens is 3. The molecule has 2 heterocycles. The van der Waals surface area contributed by atoms with E-state index in [0.717, 1.165) is 42.8 Å². The molecule has 6 heteroatoms. The van der Waals surface area contributed by atoms with Crippen LogP contribution in [0.25, 0.3) is 0 Å². The van der Waals surface area contributed by atoms with Crippen LogP contribution in [0.2, 0.25) is 0 Å². The van der Waals surface area contributed by atoms with Crippen LogP contribution in [0.4, 0.5) is 0 Å². The van der Waals surface area contributed by atoms with Crippen molar-refractivity contribution < 1.29 is 9.21 Å². The van der Waals surface area contributed by atoms with E-state index in [9.17, 15) is 4.79 Å². The van der Waals surface area contributed by atoms with Crippen LogP contribution in [0.3, 0.4) is 0 Å². The number of carbonyl (C=O) groups is 1. The first-order valence-corrected chi connectivity index (χ1v) is 10.3. The van der Waals surface area contributed by atoms with Gasteiger partial charge in [0.05, 0.1) is 5.75 Å². The first-order chi connectivity index (χ1) is 13.1. The molecule has 3 aromatic rings. The van der Waals surface area contributed by atoms with Crippen molar-refractivity contribution >= 4 is 17.5 Å². The van der Waals surface area contributed by atoms with E-state index in [4.69, 9.17) is 4.42 Å². The molecule has 4 rings (SSSR count). The van der Waals surface area contributed by atoms with Crippen molar-refractivity contribution in [2.75, 3.05) is 5.75 Å². The van der Waals surface area contributed by atoms with E-state index in [1.54, 1.807) is 0 Å². The standard InChI is InChI=1S/C21H23N3O2S/c1-14-12-18(15(2)24(14)11-10-16-6-4-3-5-7-16)19(25)13-27-21-23-22-20(26-21)17-8-9-17/h3-7,12,17H,8-11,13H2,1-2H3. The first kappa shape index (κ1) is 18.0. The van der Waals surface area contributed by atoms with Gasteiger partial charge in [0, 0.05) is 29.4 Å². The van der Waals surface area contributed by atoms with E-state index in [1.807, 2.05) is 19.1 Å². The van der Waals surface area contributed by atoms with Crippen molar-refractivity contribution in [3.8, 4) is 0 Å². The Labute approximate surface area is 163 Å². The Morgan fingerprint density at radius 2 is 2.00 bits per heavy atom. The predicted molar refractivity (Wildman–Crippen MR) is 105 cm³/mol. The molecule has 0 radical (unpaired) electrons. The molecule has 1 aliphatic carbocycles. The molecule has 0 bridgehead atoms. The Hall–Kier alpha value is -2.34. The molecule has 5 nitrogen and oxygen atoms in total. The number of benzene rings is 1. The van der Waals surface area contributed by atoms with Crippen LogP contribution >= 0.6 is 11.8 Å². The van der Waals surface area contributed by atoms with Gasteiger partial charge in [-0.1, -0.05) is 42.1 Å². The van der Waals surface area contributed by atoms with Crippen LogP contribution in [-0.4, -0.2) is 26.3 Å². The zero-order valence-corrected chi connectivity index (χ0v) is 16.5. The highest BCUT2D eigenvalue weighted by Crippen LogP contribution is 2.39. The van der Waals surface area contributed by atoms with Gasteiger partial charge in [-0.05, 0) is 44.7 Å². The van der Waals surface area contributed by atoms with Gasteiger partial charge in [-0.2, -0.15) is 0 Å². The maximum absolute atomic E-state index is 12.7. The molecule has 0 amide bonds. The molecule has 1 aliphatic rings. The summed E-state index contributed by atoms with van der Waals surface area (Å²) in [5, 5.41) is 8.59. The third-order valence-electron chi connectivity index (χ3n) is 5.02. The van der Waals surface area contributed by atoms with E-state index in [-0.39, 0.29) is 5.78 Å². The molecular weight excluding hydrogens is 358 g/mol. The largest absolute Gasteiger partial charge is 0.416 e. The molecule has 0 aliphatic heterocycles. The van der Waals surface area contributed by atoms with Crippen molar-refractivity contribution in [3.63, 3.8) is 0 Å². The molecule has 27 heavy (non-hydrogen) atoms. The second-order valence-electron chi connectivity index (χ2n) is 7.06. The summed E-state index contributed by atoms with van der Waals surface area (Å²) in [6, 6.07) is 12.4. The van der Waals surface area contributed by atoms with Crippen molar-refractivity contribution in [1.82, 2.24) is 14.8 Å². The second-order valence-corrected chi connectivity index (χ2v) is 7.99. The normalized spacial score (nSPS) is 13.9. The topological polar surface area (TPSA) is 60.9 Å². The summed E-state index contributed by atoms with van der Waals surface area (Å²) < 4.78 is 7.85. The van der Waals surface area contributed by atoms with Crippen LogP contribution in [0, 0.1) is 13.8 Å². The average Bonchev–Trinajstić information content (AvgIpc) is 3.35. The zero-order valence-electron chi connectivity index (χ0n) is 15.6. The Bertz CT molecular complexity index is 942. The minimum atomic E-state index is 0.102. The smallest absolute Gasteiger partial charge is 0.277 e. The molecule has 0 saturated heterocycles. The van der Waals surface area contributed by atoms with Gasteiger partial charge in [0.2, 0.25) is 5.89 Å². The van der Waals surface area contributed by atoms with E-state index in [1.165, 1.54) is 17.3 Å². The Balaban J connectivity index is 1.39. The van der Waals surface area contributed by atoms with Crippen LogP contribution in [-0.2, 0) is 13.0 Å². The van der Waals surface area contributed by atoms with Crippen LogP contribution in [0.15, 0.2) is 46.0 Å². The Kier molecular flexibility index (Phi) is 5.16. The van der Waals surface area contributed by atoms with Crippen LogP contribution < -0.4 is 0 Å². The fraction of sp³-hybridized carbons (Fsp3) is 0.381. The molecule has 0 spiro atoms. The summed E-state index contributed by atoms with van der Waals surface area (Å²) in [5.74, 6) is 1.57. The van der Waals surface area contributed by atoms with Gasteiger partial charge in [-0.15, -0.1) is 10.2 Å². The van der Waals surface area contributed by atoms with Crippen molar-refractivity contribution in [2.24, 2.45) is 0 Å². The van der Waals surface area contributed by atoms with Crippen molar-refractivity contribution in [1.29, 1.82) is 0 Å². The lowest BCUT2D eigenvalue weighted by atomic mass is 10.1. The maximum Gasteiger partial charge on any atom is 0.277 e. The SMILES string of the molecule is Cc1cc(C(=O)CSc2nnc(C3CC3)o2)c(C)n1CCc1ccccc1. The molecule has 1 aromatic carbocycles. The Morgan fingerprint density at radius 3 is 2.74 bits per heavy atom. The molecule has 1 fully saturated rings. The lowest BCUT2D eigenvalue weighted by Gasteiger charge is -2.10. The van der Waals surface area contributed by atoms with E-state index in [2.05, 4.69) is 46.0 Å². The maximum atomic E-state index is 12.7. The van der Waals surface area contributed by atoms with Crippen molar-refractivity contribution in [2.45, 2.75) is 50.8 Å². The molecule has 2 aromatic heterocycles. The summed E-state index contributed by atoms with van der Waals surface area (Å²) in [5.41, 5.74) is 4.23. The lowest BCUT2D eigenvalue weighted by molar-refractivity contribution is 0.102. The second kappa shape index (κ2) is 7.72. The van der Waals surface area contributed by atoms with E-state index < -0.39 is 0 Å². The fourth-order valence-corrected chi connectivity index (χ4v) is 3.95. The Morgan fingerprint density at radius 1 is 1.22 bits per heavy atom. The number of hydrogen-bond donors (Lipinski definition) is 0. The highest BCUT2D eigenvalue weighted by Gasteiger charge is 2.29. The van der Waals surface area contributed by atoms with Gasteiger partial charge in [0.15, 0.2) is 5.78 Å². The summed E-state index contributed by atoms with van der Waals surface area (Å²) >= 11 is 1.32. The average molecular weight is 382 g/mol. The highest BCUT2D eigenvalue weighted by atomic mass is 32.2. The number of Topliss-reactive ketones (excluding diaryl/α,β-unsaturated/α-hetero) is 1. The predicted octanol–water partition coefficient (Wildman–Crippen LogP) is 4.58. The minimum absolute atomic E-state index is 0.102. The van der Waals surface area contributed by atoms with Gasteiger partial charge in [0.1, 0.15) is 0 Å². The summed E-state index contributed by atoms with van der Waals surface area (Å²) in [4.78, 5) is 12.7. The molecule has 0 atom stereocenters. The number of hydrogen-bond acceptors (Lipinski definition) is 5. The number of carbonyl (C=O) groups excluding carboxylic acids is 1. The molecule has 0 N–H and O–H groups in total. The van der Waals surface area contributed by atoms with Crippen LogP contribution in [0.5, 0.6) is 0 Å². The highest BCUT2D eigenvalue weighted by molar-refractivity contribution is 7.99. The number of rotatable bonds is 8. The van der Waals surface area contributed by atoms with Gasteiger partial charge >= 0.3 is 0 Å². The number of aryl methyl sites for hydroxylation is 2. The third kappa shape index (κ3) is 4.16. The zero-order chi connectivity index (χ0) is 18.8. The quantitative estimate of drug-likeness (QED) is 0.422. The summed E-state index contributed by atoms with van der Waals surface area (Å²) in [6.45, 7) is 4.95. The molecule has 1 saturated carbocycles.